The molecular weight excluding hydrogens is 725 g/mol. The molecule has 1 heterocycles. The molecule has 0 spiro atoms. The largest absolute Gasteiger partial charge is 0.310 e. The summed E-state index contributed by atoms with van der Waals surface area (Å²) < 4.78 is 432. The Morgan fingerprint density at radius 1 is 0.433 bits per heavy atom. The van der Waals surface area contributed by atoms with Gasteiger partial charge in [0, 0.05) is 55.2 Å². The summed E-state index contributed by atoms with van der Waals surface area (Å²) in [6.45, 7) is -18.1. The van der Waals surface area contributed by atoms with Gasteiger partial charge in [-0.15, -0.1) is 0 Å². The first-order valence-corrected chi connectivity index (χ1v) is 17.3. The molecule has 0 aromatic heterocycles. The molecule has 0 saturated carbocycles. The highest BCUT2D eigenvalue weighted by atomic mass is 15.2. The standard InChI is InChI=1S/C58H46N2/c1-57(2)49-25-14-13-24-47(49)48-37-35-44(38-51(48)57)59(43-33-30-40(31-34-43)39-18-7-5-8-19-39)53-28-17-29-54-55(53)58(3,4)50-26-15-16-27-52(50)60(54)56-45-23-12-11-22-42(45)32-36-46(56)41-20-9-6-10-21-41/h5-38H,1-4H3/i1D3,2D3,3D3,4D3,5D,6D,7D,8D,9D,10D,11D,12D,13D,14D,15D,16D,17D,18D,19D,20D,21D,22D,23D,24D,25D,26D,27D,28D,29D,30D,31D,32D,33D,34D,35D,36D,37D,38D. The fraction of sp³-hybridized carbons (Fsp3) is 0.103. The van der Waals surface area contributed by atoms with Gasteiger partial charge in [0.25, 0.3) is 0 Å². The zero-order chi connectivity index (χ0) is 80.2. The van der Waals surface area contributed by atoms with Crippen LogP contribution in [0, 0.1) is 0 Å². The first-order valence-electron chi connectivity index (χ1n) is 40.3. The maximum absolute atomic E-state index is 10.5. The number of fused-ring (bicyclic) bond motifs is 6. The van der Waals surface area contributed by atoms with Crippen molar-refractivity contribution in [2.24, 2.45) is 0 Å². The molecule has 0 atom stereocenters. The Morgan fingerprint density at radius 2 is 1.03 bits per heavy atom. The van der Waals surface area contributed by atoms with Crippen LogP contribution in [-0.4, -0.2) is 0 Å². The monoisotopic (exact) mass is 817 g/mol. The Labute approximate surface area is 418 Å². The molecule has 60 heavy (non-hydrogen) atoms. The second kappa shape index (κ2) is 13.7. The Balaban J connectivity index is 1.57. The van der Waals surface area contributed by atoms with E-state index in [9.17, 15) is 45.2 Å². The van der Waals surface area contributed by atoms with Gasteiger partial charge in [-0.1, -0.05) is 191 Å². The van der Waals surface area contributed by atoms with Crippen molar-refractivity contribution in [3.05, 3.63) is 228 Å². The van der Waals surface area contributed by atoms with Gasteiger partial charge < -0.3 is 9.80 Å². The van der Waals surface area contributed by atoms with Crippen LogP contribution in [0.1, 0.15) is 113 Å². The number of hydrogen-bond acceptors (Lipinski definition) is 2. The minimum Gasteiger partial charge on any atom is -0.310 e. The zero-order valence-corrected chi connectivity index (χ0v) is 29.9. The summed E-state index contributed by atoms with van der Waals surface area (Å²) in [6, 6.07) is -49.9. The number of nitrogens with zero attached hydrogens (tertiary/aromatic N) is 2. The third-order valence-corrected chi connectivity index (χ3v) is 9.67. The number of rotatable bonds is 6. The lowest BCUT2D eigenvalue weighted by atomic mass is 9.72. The summed E-state index contributed by atoms with van der Waals surface area (Å²) in [5.74, 6) is 0. The molecule has 0 bridgehead atoms. The lowest BCUT2D eigenvalue weighted by Gasteiger charge is -2.45. The number of benzene rings is 9. The van der Waals surface area contributed by atoms with Crippen LogP contribution < -0.4 is 9.80 Å². The Morgan fingerprint density at radius 3 is 1.82 bits per heavy atom. The van der Waals surface area contributed by atoms with Gasteiger partial charge in [0.15, 0.2) is 0 Å². The molecule has 288 valence electrons. The number of para-hydroxylation sites is 1. The van der Waals surface area contributed by atoms with Gasteiger partial charge in [-0.05, 0) is 92.2 Å². The van der Waals surface area contributed by atoms with Gasteiger partial charge in [0.1, 0.15) is 0 Å². The van der Waals surface area contributed by atoms with E-state index in [1.807, 2.05) is 0 Å². The van der Waals surface area contributed by atoms with Crippen molar-refractivity contribution in [2.75, 3.05) is 9.80 Å². The molecule has 0 radical (unpaired) electrons. The summed E-state index contributed by atoms with van der Waals surface area (Å²) in [5.41, 5.74) is -33.7. The van der Waals surface area contributed by atoms with Gasteiger partial charge in [0.2, 0.25) is 0 Å². The van der Waals surface area contributed by atoms with E-state index in [1.54, 1.807) is 0 Å². The molecule has 0 saturated heterocycles. The first-order chi connectivity index (χ1) is 48.5. The molecule has 9 aromatic rings. The highest BCUT2D eigenvalue weighted by Gasteiger charge is 2.42. The van der Waals surface area contributed by atoms with E-state index in [0.717, 1.165) is 0 Å². The SMILES string of the molecule is [2H]c1c([2H])c([2H])c(-c2c([2H])c([2H])c(N(c3c([2H])c([2H])c4c(c3[2H])C(C([2H])([2H])[2H])(C([2H])([2H])[2H])c3c([2H])c([2H])c([2H])c([2H])c3-4)c3c([2H])c([2H])c([2H])c4c3C(C([2H])([2H])[2H])(C([2H])([2H])[2H])c3c([2H])c([2H])c([2H])c([2H])c3N4c3c(-c4c([2H])c([2H])c([2H])c([2H])c4[2H])c([2H])c([2H])c4c([2H])c([2H])c([2H])c([2H])c34)c([2H])c2[2H])c([2H])c1[2H]. The fourth-order valence-electron chi connectivity index (χ4n) is 7.09. The van der Waals surface area contributed by atoms with E-state index < -0.39 is 344 Å². The van der Waals surface area contributed by atoms with Crippen LogP contribution in [0.3, 0.4) is 0 Å². The lowest BCUT2D eigenvalue weighted by molar-refractivity contribution is 0.632. The molecule has 1 aliphatic heterocycles. The maximum atomic E-state index is 10.5. The summed E-state index contributed by atoms with van der Waals surface area (Å²) in [4.78, 5) is -0.123. The van der Waals surface area contributed by atoms with Gasteiger partial charge in [-0.25, -0.2) is 0 Å². The highest BCUT2D eigenvalue weighted by molar-refractivity contribution is 6.08. The van der Waals surface area contributed by atoms with Crippen molar-refractivity contribution < 1.29 is 63.1 Å². The smallest absolute Gasteiger partial charge is 0.0648 e. The average molecular weight is 817 g/mol. The predicted octanol–water partition coefficient (Wildman–Crippen LogP) is 16.1. The lowest BCUT2D eigenvalue weighted by Crippen LogP contribution is -2.32. The molecular formula is C58H46N2. The minimum atomic E-state index is -4.73. The molecule has 11 rings (SSSR count). The quantitative estimate of drug-likeness (QED) is 0.165. The van der Waals surface area contributed by atoms with E-state index in [1.165, 1.54) is 0 Å². The molecule has 0 unspecified atom stereocenters. The van der Waals surface area contributed by atoms with Crippen LogP contribution in [0.2, 0.25) is 0 Å². The van der Waals surface area contributed by atoms with Crippen molar-refractivity contribution in [3.63, 3.8) is 0 Å². The first kappa shape index (κ1) is 12.0. The van der Waals surface area contributed by atoms with Crippen molar-refractivity contribution in [2.45, 2.75) is 38.2 Å². The van der Waals surface area contributed by atoms with Gasteiger partial charge >= 0.3 is 0 Å². The molecule has 0 fully saturated rings. The summed E-state index contributed by atoms with van der Waals surface area (Å²) in [6.07, 6.45) is 0. The average Bonchev–Trinajstić information content (AvgIpc) is 0.955. The van der Waals surface area contributed by atoms with E-state index in [2.05, 4.69) is 0 Å². The Hall–Kier alpha value is -7.16. The fourth-order valence-corrected chi connectivity index (χ4v) is 7.09. The third-order valence-electron chi connectivity index (χ3n) is 9.67. The van der Waals surface area contributed by atoms with Gasteiger partial charge in [-0.3, -0.25) is 0 Å². The molecule has 2 aliphatic rings. The van der Waals surface area contributed by atoms with E-state index in [-0.39, 0.29) is 9.80 Å². The zero-order valence-electron chi connectivity index (χ0n) is 75.9. The van der Waals surface area contributed by atoms with Crippen molar-refractivity contribution in [3.8, 4) is 33.4 Å². The normalized spacial score (nSPS) is 26.0. The number of hydrogen-bond donors (Lipinski definition) is 0. The summed E-state index contributed by atoms with van der Waals surface area (Å²) >= 11 is 0. The predicted molar refractivity (Wildman–Crippen MR) is 254 cm³/mol. The molecule has 9 aromatic carbocycles. The van der Waals surface area contributed by atoms with Crippen LogP contribution in [0.4, 0.5) is 34.1 Å². The molecule has 2 heteroatoms. The van der Waals surface area contributed by atoms with Crippen molar-refractivity contribution in [1.82, 2.24) is 0 Å². The maximum Gasteiger partial charge on any atom is 0.0648 e. The Bertz CT molecular complexity index is 5430. The van der Waals surface area contributed by atoms with Gasteiger partial charge in [-0.2, -0.15) is 0 Å². The van der Waals surface area contributed by atoms with Crippen LogP contribution in [0.25, 0.3) is 44.2 Å². The molecule has 0 N–H and O–H groups in total. The minimum absolute atomic E-state index is 0.0991. The Kier molecular flexibility index (Phi) is 2.74. The molecule has 2 nitrogen and oxygen atoms in total. The van der Waals surface area contributed by atoms with E-state index in [4.69, 9.17) is 17.8 Å². The highest BCUT2D eigenvalue weighted by Crippen LogP contribution is 2.59. The molecule has 1 aliphatic carbocycles. The van der Waals surface area contributed by atoms with Gasteiger partial charge in [0.05, 0.1) is 69.4 Å². The van der Waals surface area contributed by atoms with Crippen molar-refractivity contribution >= 4 is 44.9 Å². The second-order valence-electron chi connectivity index (χ2n) is 13.0. The number of anilines is 6. The second-order valence-corrected chi connectivity index (χ2v) is 13.0. The van der Waals surface area contributed by atoms with Crippen LogP contribution in [-0.2, 0) is 10.8 Å². The van der Waals surface area contributed by atoms with E-state index >= 15 is 0 Å². The van der Waals surface area contributed by atoms with Crippen molar-refractivity contribution in [1.29, 1.82) is 0 Å². The van der Waals surface area contributed by atoms with Crippen LogP contribution in [0.5, 0.6) is 0 Å². The summed E-state index contributed by atoms with van der Waals surface area (Å²) in [7, 11) is 0. The third kappa shape index (κ3) is 5.48. The van der Waals surface area contributed by atoms with Crippen LogP contribution in [0.15, 0.2) is 205 Å². The van der Waals surface area contributed by atoms with E-state index in [0.29, 0.717) is 0 Å². The summed E-state index contributed by atoms with van der Waals surface area (Å²) in [5, 5.41) is -2.39. The van der Waals surface area contributed by atoms with Crippen LogP contribution >= 0.6 is 0 Å². The molecule has 0 amide bonds. The topological polar surface area (TPSA) is 6.48 Å².